The molecule has 27 heavy (non-hydrogen) atoms. The molecule has 1 aliphatic rings. The number of nitrogens with zero attached hydrogens (tertiary/aromatic N) is 1. The fraction of sp³-hybridized carbons (Fsp3) is 0.286. The first-order valence-electron chi connectivity index (χ1n) is 8.93. The minimum Gasteiger partial charge on any atom is -0.381 e. The summed E-state index contributed by atoms with van der Waals surface area (Å²) in [6.45, 7) is 5.12. The summed E-state index contributed by atoms with van der Waals surface area (Å²) < 4.78 is 13.5. The van der Waals surface area contributed by atoms with Gasteiger partial charge >= 0.3 is 0 Å². The van der Waals surface area contributed by atoms with Gasteiger partial charge in [0.25, 0.3) is 5.91 Å². The van der Waals surface area contributed by atoms with Crippen molar-refractivity contribution < 1.29 is 9.18 Å². The number of hydrogen-bond acceptors (Lipinski definition) is 4. The highest BCUT2D eigenvalue weighted by molar-refractivity contribution is 6.31. The van der Waals surface area contributed by atoms with Gasteiger partial charge in [-0.05, 0) is 69.9 Å². The van der Waals surface area contributed by atoms with E-state index in [9.17, 15) is 9.18 Å². The van der Waals surface area contributed by atoms with E-state index in [-0.39, 0.29) is 11.7 Å². The van der Waals surface area contributed by atoms with Gasteiger partial charge in [-0.25, -0.2) is 4.39 Å². The van der Waals surface area contributed by atoms with Gasteiger partial charge in [0.1, 0.15) is 5.82 Å². The SMILES string of the molecule is Cc1cc(NC=C2C(=O)Nc3ccc(F)cc32)ccc1NC(C)CN(C)C. The summed E-state index contributed by atoms with van der Waals surface area (Å²) in [5.74, 6) is -0.607. The first-order chi connectivity index (χ1) is 12.8. The lowest BCUT2D eigenvalue weighted by Crippen LogP contribution is -2.29. The molecule has 2 aromatic carbocycles. The molecule has 2 aromatic rings. The first kappa shape index (κ1) is 18.9. The van der Waals surface area contributed by atoms with Crippen molar-refractivity contribution in [3.05, 3.63) is 59.5 Å². The quantitative estimate of drug-likeness (QED) is 0.677. The van der Waals surface area contributed by atoms with Crippen LogP contribution in [0.5, 0.6) is 0 Å². The van der Waals surface area contributed by atoms with Gasteiger partial charge in [-0.1, -0.05) is 0 Å². The normalized spacial score (nSPS) is 15.6. The number of carbonyl (C=O) groups excluding carboxylic acids is 1. The number of benzene rings is 2. The van der Waals surface area contributed by atoms with Crippen molar-refractivity contribution in [2.45, 2.75) is 19.9 Å². The minimum absolute atomic E-state index is 0.240. The Hall–Kier alpha value is -2.86. The second-order valence-corrected chi connectivity index (χ2v) is 7.18. The van der Waals surface area contributed by atoms with Crippen LogP contribution in [0, 0.1) is 12.7 Å². The van der Waals surface area contributed by atoms with E-state index in [1.807, 2.05) is 25.1 Å². The molecule has 0 spiro atoms. The first-order valence-corrected chi connectivity index (χ1v) is 8.93. The molecule has 0 bridgehead atoms. The molecule has 0 aromatic heterocycles. The third kappa shape index (κ3) is 4.46. The average Bonchev–Trinajstić information content (AvgIpc) is 2.89. The zero-order chi connectivity index (χ0) is 19.6. The van der Waals surface area contributed by atoms with E-state index in [0.29, 0.717) is 22.9 Å². The van der Waals surface area contributed by atoms with E-state index in [0.717, 1.165) is 23.5 Å². The number of carbonyl (C=O) groups is 1. The van der Waals surface area contributed by atoms with Crippen molar-refractivity contribution in [1.29, 1.82) is 0 Å². The maximum atomic E-state index is 13.5. The second kappa shape index (κ2) is 7.80. The lowest BCUT2D eigenvalue weighted by atomic mass is 10.1. The van der Waals surface area contributed by atoms with E-state index in [1.54, 1.807) is 12.3 Å². The number of rotatable bonds is 6. The van der Waals surface area contributed by atoms with Crippen molar-refractivity contribution in [3.8, 4) is 0 Å². The van der Waals surface area contributed by atoms with Crippen molar-refractivity contribution in [1.82, 2.24) is 4.90 Å². The third-order valence-electron chi connectivity index (χ3n) is 4.42. The summed E-state index contributed by atoms with van der Waals surface area (Å²) in [4.78, 5) is 14.3. The van der Waals surface area contributed by atoms with Gasteiger partial charge < -0.3 is 20.9 Å². The molecule has 6 heteroatoms. The van der Waals surface area contributed by atoms with Crippen LogP contribution < -0.4 is 16.0 Å². The molecule has 1 heterocycles. The standard InChI is InChI=1S/C21H25FN4O/c1-13-9-16(6-8-19(13)24-14(2)12-26(3)4)23-11-18-17-10-15(22)5-7-20(17)25-21(18)27/h5-11,14,23-24H,12H2,1-4H3,(H,25,27). The van der Waals surface area contributed by atoms with Gasteiger partial charge in [-0.2, -0.15) is 0 Å². The van der Waals surface area contributed by atoms with Crippen LogP contribution in [0.3, 0.4) is 0 Å². The molecule has 1 atom stereocenters. The van der Waals surface area contributed by atoms with E-state index >= 15 is 0 Å². The maximum Gasteiger partial charge on any atom is 0.257 e. The monoisotopic (exact) mass is 368 g/mol. The number of aryl methyl sites for hydroxylation is 1. The van der Waals surface area contributed by atoms with Crippen LogP contribution in [0.2, 0.25) is 0 Å². The molecule has 0 aliphatic carbocycles. The lowest BCUT2D eigenvalue weighted by molar-refractivity contribution is -0.110. The molecular formula is C21H25FN4O. The highest BCUT2D eigenvalue weighted by Gasteiger charge is 2.24. The van der Waals surface area contributed by atoms with Crippen molar-refractivity contribution in [3.63, 3.8) is 0 Å². The summed E-state index contributed by atoms with van der Waals surface area (Å²) in [5.41, 5.74) is 4.66. The molecule has 0 radical (unpaired) electrons. The molecule has 142 valence electrons. The van der Waals surface area contributed by atoms with Crippen LogP contribution >= 0.6 is 0 Å². The highest BCUT2D eigenvalue weighted by Crippen LogP contribution is 2.32. The van der Waals surface area contributed by atoms with Crippen molar-refractivity contribution >= 4 is 28.5 Å². The largest absolute Gasteiger partial charge is 0.381 e. The van der Waals surface area contributed by atoms with Crippen LogP contribution in [-0.4, -0.2) is 37.5 Å². The summed E-state index contributed by atoms with van der Waals surface area (Å²) in [6.07, 6.45) is 1.62. The highest BCUT2D eigenvalue weighted by atomic mass is 19.1. The topological polar surface area (TPSA) is 56.4 Å². The lowest BCUT2D eigenvalue weighted by Gasteiger charge is -2.21. The summed E-state index contributed by atoms with van der Waals surface area (Å²) in [6, 6.07) is 10.6. The van der Waals surface area contributed by atoms with Gasteiger partial charge in [0.15, 0.2) is 0 Å². The van der Waals surface area contributed by atoms with Crippen LogP contribution in [0.4, 0.5) is 21.5 Å². The number of fused-ring (bicyclic) bond motifs is 1. The molecule has 3 N–H and O–H groups in total. The summed E-state index contributed by atoms with van der Waals surface area (Å²) in [7, 11) is 4.10. The van der Waals surface area contributed by atoms with E-state index in [2.05, 4.69) is 41.9 Å². The molecule has 0 saturated heterocycles. The van der Waals surface area contributed by atoms with Crippen LogP contribution in [0.25, 0.3) is 5.57 Å². The van der Waals surface area contributed by atoms with Crippen molar-refractivity contribution in [2.24, 2.45) is 0 Å². The summed E-state index contributed by atoms with van der Waals surface area (Å²) >= 11 is 0. The third-order valence-corrected chi connectivity index (χ3v) is 4.42. The fourth-order valence-corrected chi connectivity index (χ4v) is 3.23. The smallest absolute Gasteiger partial charge is 0.257 e. The molecule has 1 amide bonds. The van der Waals surface area contributed by atoms with Crippen LogP contribution in [-0.2, 0) is 4.79 Å². The number of hydrogen-bond donors (Lipinski definition) is 3. The Morgan fingerprint density at radius 3 is 2.70 bits per heavy atom. The van der Waals surface area contributed by atoms with Crippen LogP contribution in [0.15, 0.2) is 42.6 Å². The van der Waals surface area contributed by atoms with Gasteiger partial charge in [-0.3, -0.25) is 4.79 Å². The zero-order valence-electron chi connectivity index (χ0n) is 16.1. The number of amides is 1. The average molecular weight is 368 g/mol. The minimum atomic E-state index is -0.366. The van der Waals surface area contributed by atoms with Gasteiger partial charge in [0.05, 0.1) is 5.57 Å². The molecule has 0 fully saturated rings. The number of likely N-dealkylation sites (N-methyl/N-ethyl adjacent to an activating group) is 1. The Morgan fingerprint density at radius 1 is 1.22 bits per heavy atom. The van der Waals surface area contributed by atoms with E-state index in [1.165, 1.54) is 12.1 Å². The molecule has 1 unspecified atom stereocenters. The van der Waals surface area contributed by atoms with Crippen molar-refractivity contribution in [2.75, 3.05) is 36.6 Å². The van der Waals surface area contributed by atoms with Gasteiger partial charge in [-0.15, -0.1) is 0 Å². The van der Waals surface area contributed by atoms with Gasteiger partial charge in [0, 0.05) is 41.4 Å². The van der Waals surface area contributed by atoms with Crippen LogP contribution in [0.1, 0.15) is 18.1 Å². The molecule has 0 saturated carbocycles. The predicted octanol–water partition coefficient (Wildman–Crippen LogP) is 3.90. The van der Waals surface area contributed by atoms with E-state index in [4.69, 9.17) is 0 Å². The zero-order valence-corrected chi connectivity index (χ0v) is 16.1. The Labute approximate surface area is 159 Å². The second-order valence-electron chi connectivity index (χ2n) is 7.18. The fourth-order valence-electron chi connectivity index (χ4n) is 3.23. The van der Waals surface area contributed by atoms with E-state index < -0.39 is 0 Å². The predicted molar refractivity (Wildman–Crippen MR) is 109 cm³/mol. The Morgan fingerprint density at radius 2 is 2.00 bits per heavy atom. The van der Waals surface area contributed by atoms with Gasteiger partial charge in [0.2, 0.25) is 0 Å². The number of halogens is 1. The Balaban J connectivity index is 1.74. The molecule has 3 rings (SSSR count). The maximum absolute atomic E-state index is 13.5. The molecule has 1 aliphatic heterocycles. The molecule has 5 nitrogen and oxygen atoms in total. The summed E-state index contributed by atoms with van der Waals surface area (Å²) in [5, 5.41) is 9.39. The number of nitrogens with one attached hydrogen (secondary N) is 3. The Bertz CT molecular complexity index is 892. The Kier molecular flexibility index (Phi) is 5.46. The molecular weight excluding hydrogens is 343 g/mol. The number of anilines is 3.